The number of nitrogens with zero attached hydrogens (tertiary/aromatic N) is 1. The van der Waals surface area contributed by atoms with E-state index in [1.54, 1.807) is 0 Å². The van der Waals surface area contributed by atoms with Crippen molar-refractivity contribution in [3.05, 3.63) is 0 Å². The predicted octanol–water partition coefficient (Wildman–Crippen LogP) is 3.10. The third-order valence-electron chi connectivity index (χ3n) is 5.64. The number of rotatable bonds is 21. The van der Waals surface area contributed by atoms with Gasteiger partial charge in [-0.25, -0.2) is 0 Å². The fourth-order valence-electron chi connectivity index (χ4n) is 3.83. The molecule has 0 heterocycles. The summed E-state index contributed by atoms with van der Waals surface area (Å²) in [5.74, 6) is -0.858. The molecule has 28 heavy (non-hydrogen) atoms. The van der Waals surface area contributed by atoms with Crippen LogP contribution in [0.15, 0.2) is 0 Å². The maximum atomic E-state index is 11.8. The molecule has 0 aliphatic rings. The Morgan fingerprint density at radius 2 is 1.00 bits per heavy atom. The normalized spacial score (nSPS) is 12.1. The molecule has 0 spiro atoms. The predicted molar refractivity (Wildman–Crippen MR) is 116 cm³/mol. The Morgan fingerprint density at radius 3 is 1.39 bits per heavy atom. The summed E-state index contributed by atoms with van der Waals surface area (Å²) in [7, 11) is 0. The molecule has 0 aromatic heterocycles. The molecule has 0 aromatic rings. The van der Waals surface area contributed by atoms with Crippen LogP contribution < -0.4 is 34.7 Å². The summed E-state index contributed by atoms with van der Waals surface area (Å²) in [6.45, 7) is 8.52. The first-order chi connectivity index (χ1) is 13.2. The van der Waals surface area contributed by atoms with Gasteiger partial charge in [0.25, 0.3) is 0 Å². The van der Waals surface area contributed by atoms with Crippen LogP contribution >= 0.6 is 0 Å². The van der Waals surface area contributed by atoms with Crippen molar-refractivity contribution in [3.8, 4) is 0 Å². The van der Waals surface area contributed by atoms with Gasteiger partial charge in [-0.3, -0.25) is 4.90 Å². The zero-order valence-corrected chi connectivity index (χ0v) is 21.8. The van der Waals surface area contributed by atoms with Crippen molar-refractivity contribution in [2.75, 3.05) is 13.1 Å². The van der Waals surface area contributed by atoms with E-state index in [4.69, 9.17) is 0 Å². The molecular formula is C24H48NNaO2. The minimum atomic E-state index is -0.858. The molecule has 0 saturated carbocycles. The van der Waals surface area contributed by atoms with Crippen molar-refractivity contribution < 1.29 is 39.5 Å². The van der Waals surface area contributed by atoms with Crippen molar-refractivity contribution in [1.82, 2.24) is 4.90 Å². The molecule has 0 bridgehead atoms. The molecule has 0 aliphatic heterocycles. The molecule has 0 aromatic carbocycles. The van der Waals surface area contributed by atoms with E-state index >= 15 is 0 Å². The average Bonchev–Trinajstić information content (AvgIpc) is 2.65. The number of carbonyl (C=O) groups is 1. The van der Waals surface area contributed by atoms with E-state index in [1.807, 2.05) is 0 Å². The molecule has 0 rings (SSSR count). The van der Waals surface area contributed by atoms with Crippen molar-refractivity contribution in [2.24, 2.45) is 0 Å². The summed E-state index contributed by atoms with van der Waals surface area (Å²) in [5, 5.41) is 11.8. The van der Waals surface area contributed by atoms with E-state index in [0.29, 0.717) is 0 Å². The van der Waals surface area contributed by atoms with Gasteiger partial charge >= 0.3 is 29.6 Å². The van der Waals surface area contributed by atoms with Gasteiger partial charge in [0.05, 0.1) is 5.97 Å². The zero-order chi connectivity index (χ0) is 20.2. The van der Waals surface area contributed by atoms with E-state index in [-0.39, 0.29) is 35.6 Å². The summed E-state index contributed by atoms with van der Waals surface area (Å²) in [6, 6.07) is -0.381. The monoisotopic (exact) mass is 405 g/mol. The molecule has 1 unspecified atom stereocenters. The molecule has 0 radical (unpaired) electrons. The first kappa shape index (κ1) is 30.6. The van der Waals surface area contributed by atoms with Gasteiger partial charge in [0.1, 0.15) is 0 Å². The van der Waals surface area contributed by atoms with Gasteiger partial charge in [-0.05, 0) is 32.4 Å². The standard InChI is InChI=1S/C24H49NO2.Na/c1-4-7-10-13-15-18-21-25(22-19-16-14-11-8-5-2)23(24(26)27)20-17-12-9-6-3;/h23H,4-22H2,1-3H3,(H,26,27);/q;+1/p-1. The van der Waals surface area contributed by atoms with Crippen molar-refractivity contribution in [1.29, 1.82) is 0 Å². The zero-order valence-electron chi connectivity index (χ0n) is 19.8. The van der Waals surface area contributed by atoms with E-state index in [0.717, 1.165) is 45.2 Å². The van der Waals surface area contributed by atoms with E-state index in [9.17, 15) is 9.90 Å². The molecular weight excluding hydrogens is 357 g/mol. The Hall–Kier alpha value is 0.430. The summed E-state index contributed by atoms with van der Waals surface area (Å²) in [5.41, 5.74) is 0. The Kier molecular flexibility index (Phi) is 25.9. The van der Waals surface area contributed by atoms with Crippen LogP contribution in [-0.4, -0.2) is 30.0 Å². The number of aliphatic carboxylic acids is 1. The molecule has 0 N–H and O–H groups in total. The van der Waals surface area contributed by atoms with Gasteiger partial charge in [-0.2, -0.15) is 0 Å². The number of hydrogen-bond donors (Lipinski definition) is 0. The summed E-state index contributed by atoms with van der Waals surface area (Å²) >= 11 is 0. The minimum absolute atomic E-state index is 0. The third-order valence-corrected chi connectivity index (χ3v) is 5.64. The van der Waals surface area contributed by atoms with Crippen LogP contribution in [0.5, 0.6) is 0 Å². The van der Waals surface area contributed by atoms with Gasteiger partial charge in [-0.1, -0.05) is 111 Å². The van der Waals surface area contributed by atoms with Crippen molar-refractivity contribution in [2.45, 2.75) is 136 Å². The number of carboxylic acid groups (broad SMARTS) is 1. The quantitative estimate of drug-likeness (QED) is 0.218. The summed E-state index contributed by atoms with van der Waals surface area (Å²) in [6.07, 6.45) is 20.4. The topological polar surface area (TPSA) is 43.4 Å². The molecule has 3 nitrogen and oxygen atoms in total. The molecule has 162 valence electrons. The fourth-order valence-corrected chi connectivity index (χ4v) is 3.83. The van der Waals surface area contributed by atoms with E-state index < -0.39 is 5.97 Å². The minimum Gasteiger partial charge on any atom is -0.548 e. The van der Waals surface area contributed by atoms with Crippen LogP contribution in [0.3, 0.4) is 0 Å². The van der Waals surface area contributed by atoms with Gasteiger partial charge in [0, 0.05) is 6.04 Å². The second-order valence-corrected chi connectivity index (χ2v) is 8.26. The summed E-state index contributed by atoms with van der Waals surface area (Å²) < 4.78 is 0. The van der Waals surface area contributed by atoms with Gasteiger partial charge < -0.3 is 9.90 Å². The van der Waals surface area contributed by atoms with Crippen LogP contribution in [0.4, 0.5) is 0 Å². The molecule has 0 aliphatic carbocycles. The second-order valence-electron chi connectivity index (χ2n) is 8.26. The Balaban J connectivity index is 0. The molecule has 1 atom stereocenters. The first-order valence-corrected chi connectivity index (χ1v) is 12.1. The first-order valence-electron chi connectivity index (χ1n) is 12.1. The molecule has 0 fully saturated rings. The Bertz CT molecular complexity index is 310. The van der Waals surface area contributed by atoms with Crippen LogP contribution in [0.2, 0.25) is 0 Å². The largest absolute Gasteiger partial charge is 1.00 e. The van der Waals surface area contributed by atoms with Crippen LogP contribution in [0, 0.1) is 0 Å². The SMILES string of the molecule is CCCCCCCCN(CCCCCCCC)C(CCCCCC)C(=O)[O-].[Na+]. The van der Waals surface area contributed by atoms with Crippen LogP contribution in [0.25, 0.3) is 0 Å². The van der Waals surface area contributed by atoms with Crippen LogP contribution in [-0.2, 0) is 4.79 Å². The number of unbranched alkanes of at least 4 members (excludes halogenated alkanes) is 13. The third kappa shape index (κ3) is 18.5. The van der Waals surface area contributed by atoms with Gasteiger partial charge in [-0.15, -0.1) is 0 Å². The average molecular weight is 406 g/mol. The van der Waals surface area contributed by atoms with E-state index in [1.165, 1.54) is 77.0 Å². The molecule has 0 amide bonds. The number of carboxylic acids is 1. The van der Waals surface area contributed by atoms with Crippen molar-refractivity contribution >= 4 is 5.97 Å². The smallest absolute Gasteiger partial charge is 0.548 e. The summed E-state index contributed by atoms with van der Waals surface area (Å²) in [4.78, 5) is 14.0. The number of hydrogen-bond acceptors (Lipinski definition) is 3. The Morgan fingerprint density at radius 1 is 0.643 bits per heavy atom. The molecule has 4 heteroatoms. The Labute approximate surface area is 198 Å². The maximum Gasteiger partial charge on any atom is 1.00 e. The fraction of sp³-hybridized carbons (Fsp3) is 0.958. The molecule has 0 saturated heterocycles. The maximum absolute atomic E-state index is 11.8. The van der Waals surface area contributed by atoms with Gasteiger partial charge in [0.2, 0.25) is 0 Å². The van der Waals surface area contributed by atoms with Crippen molar-refractivity contribution in [3.63, 3.8) is 0 Å². The van der Waals surface area contributed by atoms with E-state index in [2.05, 4.69) is 25.7 Å². The number of carbonyl (C=O) groups excluding carboxylic acids is 1. The second kappa shape index (κ2) is 23.7. The van der Waals surface area contributed by atoms with Crippen LogP contribution in [0.1, 0.15) is 130 Å². The van der Waals surface area contributed by atoms with Gasteiger partial charge in [0.15, 0.2) is 0 Å².